The first kappa shape index (κ1) is 28.7. The summed E-state index contributed by atoms with van der Waals surface area (Å²) >= 11 is 13.5. The van der Waals surface area contributed by atoms with Crippen LogP contribution in [-0.2, 0) is 4.79 Å². The molecule has 0 radical (unpaired) electrons. The molecule has 4 aromatic rings. The van der Waals surface area contributed by atoms with Gasteiger partial charge in [-0.2, -0.15) is 0 Å². The number of amides is 2. The summed E-state index contributed by atoms with van der Waals surface area (Å²) in [7, 11) is 0. The Bertz CT molecular complexity index is 1610. The minimum Gasteiger partial charge on any atom is -0.478 e. The summed E-state index contributed by atoms with van der Waals surface area (Å²) in [5, 5.41) is 24.2. The van der Waals surface area contributed by atoms with Crippen LogP contribution in [-0.4, -0.2) is 34.0 Å². The van der Waals surface area contributed by atoms with Crippen molar-refractivity contribution in [2.24, 2.45) is 0 Å². The number of carboxylic acids is 2. The molecular formula is C29H20Cl2N2O6S. The molecule has 0 bridgehead atoms. The summed E-state index contributed by atoms with van der Waals surface area (Å²) in [4.78, 5) is 49.9. The highest BCUT2D eigenvalue weighted by Crippen LogP contribution is 2.38. The lowest BCUT2D eigenvalue weighted by molar-refractivity contribution is -0.115. The van der Waals surface area contributed by atoms with Gasteiger partial charge in [-0.05, 0) is 60.2 Å². The van der Waals surface area contributed by atoms with Gasteiger partial charge in [0.25, 0.3) is 5.91 Å². The van der Waals surface area contributed by atoms with Crippen molar-refractivity contribution < 1.29 is 29.4 Å². The van der Waals surface area contributed by atoms with E-state index in [0.717, 1.165) is 23.8 Å². The molecule has 0 aromatic heterocycles. The van der Waals surface area contributed by atoms with E-state index >= 15 is 0 Å². The smallest absolute Gasteiger partial charge is 0.336 e. The second-order valence-electron chi connectivity index (χ2n) is 8.37. The zero-order valence-electron chi connectivity index (χ0n) is 20.4. The molecule has 0 fully saturated rings. The van der Waals surface area contributed by atoms with Crippen LogP contribution < -0.4 is 10.6 Å². The number of aromatic carboxylic acids is 2. The van der Waals surface area contributed by atoms with E-state index in [-0.39, 0.29) is 17.0 Å². The molecule has 0 spiro atoms. The Labute approximate surface area is 242 Å². The van der Waals surface area contributed by atoms with Crippen molar-refractivity contribution in [1.82, 2.24) is 0 Å². The molecule has 4 aromatic carbocycles. The van der Waals surface area contributed by atoms with Crippen LogP contribution in [0, 0.1) is 0 Å². The Morgan fingerprint density at radius 3 is 2.17 bits per heavy atom. The van der Waals surface area contributed by atoms with E-state index in [1.165, 1.54) is 11.8 Å². The maximum absolute atomic E-state index is 13.4. The molecule has 40 heavy (non-hydrogen) atoms. The van der Waals surface area contributed by atoms with Gasteiger partial charge >= 0.3 is 11.9 Å². The van der Waals surface area contributed by atoms with Gasteiger partial charge in [0, 0.05) is 15.6 Å². The number of nitrogens with one attached hydrogen (secondary N) is 2. The minimum absolute atomic E-state index is 0.199. The first-order valence-electron chi connectivity index (χ1n) is 11.6. The van der Waals surface area contributed by atoms with Gasteiger partial charge in [-0.25, -0.2) is 9.59 Å². The average molecular weight is 595 g/mol. The number of hydrogen-bond acceptors (Lipinski definition) is 5. The zero-order valence-corrected chi connectivity index (χ0v) is 22.8. The number of rotatable bonds is 9. The van der Waals surface area contributed by atoms with Crippen LogP contribution in [0.25, 0.3) is 0 Å². The molecule has 0 saturated carbocycles. The molecule has 0 heterocycles. The van der Waals surface area contributed by atoms with Crippen LogP contribution in [0.1, 0.15) is 41.9 Å². The predicted octanol–water partition coefficient (Wildman–Crippen LogP) is 7.11. The Morgan fingerprint density at radius 2 is 1.48 bits per heavy atom. The maximum Gasteiger partial charge on any atom is 0.336 e. The fourth-order valence-corrected chi connectivity index (χ4v) is 5.15. The topological polar surface area (TPSA) is 133 Å². The Balaban J connectivity index is 1.58. The molecule has 0 aliphatic heterocycles. The van der Waals surface area contributed by atoms with Crippen molar-refractivity contribution in [1.29, 1.82) is 0 Å². The first-order chi connectivity index (χ1) is 19.1. The number of anilines is 2. The van der Waals surface area contributed by atoms with Gasteiger partial charge < -0.3 is 20.8 Å². The minimum atomic E-state index is -1.44. The highest BCUT2D eigenvalue weighted by atomic mass is 35.5. The van der Waals surface area contributed by atoms with Crippen LogP contribution >= 0.6 is 35.0 Å². The number of carbonyl (C=O) groups excluding carboxylic acids is 2. The van der Waals surface area contributed by atoms with Crippen LogP contribution in [0.2, 0.25) is 10.0 Å². The molecular weight excluding hydrogens is 575 g/mol. The summed E-state index contributed by atoms with van der Waals surface area (Å²) < 4.78 is 0. The normalized spacial score (nSPS) is 11.3. The molecule has 1 atom stereocenters. The lowest BCUT2D eigenvalue weighted by Gasteiger charge is -2.18. The standard InChI is InChI=1S/C29H20Cl2N2O6S/c30-18-10-12-23(31)24(14-18)33-27(35)25(16-5-2-1-3-6-16)40-20-8-4-7-19(15-20)32-26(34)21-11-9-17(28(36)37)13-22(21)29(38)39/h1-15,25H,(H,32,34)(H,33,35)(H,36,37)(H,38,39). The lowest BCUT2D eigenvalue weighted by atomic mass is 10.0. The van der Waals surface area contributed by atoms with E-state index in [1.807, 2.05) is 30.3 Å². The number of hydrogen-bond donors (Lipinski definition) is 4. The van der Waals surface area contributed by atoms with Crippen molar-refractivity contribution in [3.05, 3.63) is 123 Å². The summed E-state index contributed by atoms with van der Waals surface area (Å²) in [6, 6.07) is 23.8. The van der Waals surface area contributed by atoms with E-state index in [9.17, 15) is 24.3 Å². The number of carbonyl (C=O) groups is 4. The van der Waals surface area contributed by atoms with Gasteiger partial charge in [0.05, 0.1) is 27.4 Å². The van der Waals surface area contributed by atoms with Gasteiger partial charge in [0.1, 0.15) is 5.25 Å². The fraction of sp³-hybridized carbons (Fsp3) is 0.0345. The molecule has 4 N–H and O–H groups in total. The summed E-state index contributed by atoms with van der Waals surface area (Å²) in [6.45, 7) is 0. The monoisotopic (exact) mass is 594 g/mol. The van der Waals surface area contributed by atoms with Gasteiger partial charge in [-0.3, -0.25) is 9.59 Å². The molecule has 0 aliphatic rings. The quantitative estimate of drug-likeness (QED) is 0.152. The first-order valence-corrected chi connectivity index (χ1v) is 13.3. The molecule has 11 heteroatoms. The van der Waals surface area contributed by atoms with Crippen molar-refractivity contribution in [2.45, 2.75) is 10.1 Å². The number of thioether (sulfide) groups is 1. The lowest BCUT2D eigenvalue weighted by Crippen LogP contribution is -2.19. The SMILES string of the molecule is O=C(O)c1ccc(C(=O)Nc2cccc(SC(C(=O)Nc3cc(Cl)ccc3Cl)c3ccccc3)c2)c(C(=O)O)c1. The second-order valence-corrected chi connectivity index (χ2v) is 10.4. The summed E-state index contributed by atoms with van der Waals surface area (Å²) in [5.74, 6) is -3.83. The van der Waals surface area contributed by atoms with E-state index in [1.54, 1.807) is 42.5 Å². The maximum atomic E-state index is 13.4. The van der Waals surface area contributed by atoms with Crippen LogP contribution in [0.15, 0.2) is 95.9 Å². The highest BCUT2D eigenvalue weighted by molar-refractivity contribution is 8.00. The van der Waals surface area contributed by atoms with Crippen LogP contribution in [0.4, 0.5) is 11.4 Å². The molecule has 4 rings (SSSR count). The van der Waals surface area contributed by atoms with E-state index in [2.05, 4.69) is 10.6 Å². The van der Waals surface area contributed by atoms with Crippen molar-refractivity contribution in [3.8, 4) is 0 Å². The van der Waals surface area contributed by atoms with E-state index < -0.39 is 28.7 Å². The van der Waals surface area contributed by atoms with E-state index in [0.29, 0.717) is 26.3 Å². The third kappa shape index (κ3) is 7.01. The highest BCUT2D eigenvalue weighted by Gasteiger charge is 2.24. The third-order valence-corrected chi connectivity index (χ3v) is 7.43. The third-order valence-electron chi connectivity index (χ3n) is 5.61. The van der Waals surface area contributed by atoms with Gasteiger partial charge in [0.2, 0.25) is 5.91 Å². The Morgan fingerprint density at radius 1 is 0.725 bits per heavy atom. The number of benzene rings is 4. The van der Waals surface area contributed by atoms with Crippen molar-refractivity contribution in [3.63, 3.8) is 0 Å². The number of halogens is 2. The predicted molar refractivity (Wildman–Crippen MR) is 155 cm³/mol. The van der Waals surface area contributed by atoms with Gasteiger partial charge in [0.15, 0.2) is 0 Å². The van der Waals surface area contributed by atoms with Gasteiger partial charge in [-0.15, -0.1) is 11.8 Å². The van der Waals surface area contributed by atoms with Crippen LogP contribution in [0.3, 0.4) is 0 Å². The fourth-order valence-electron chi connectivity index (χ4n) is 3.73. The summed E-state index contributed by atoms with van der Waals surface area (Å²) in [5.41, 5.74) is 0.543. The van der Waals surface area contributed by atoms with Crippen LogP contribution in [0.5, 0.6) is 0 Å². The zero-order chi connectivity index (χ0) is 28.8. The Hall–Kier alpha value is -4.31. The largest absolute Gasteiger partial charge is 0.478 e. The number of carboxylic acid groups (broad SMARTS) is 2. The molecule has 0 aliphatic carbocycles. The molecule has 202 valence electrons. The second kappa shape index (κ2) is 12.7. The van der Waals surface area contributed by atoms with E-state index in [4.69, 9.17) is 28.3 Å². The molecule has 8 nitrogen and oxygen atoms in total. The molecule has 1 unspecified atom stereocenters. The van der Waals surface area contributed by atoms with Crippen molar-refractivity contribution >= 4 is 70.1 Å². The summed E-state index contributed by atoms with van der Waals surface area (Å²) in [6.07, 6.45) is 0. The Kier molecular flexibility index (Phi) is 9.11. The average Bonchev–Trinajstić information content (AvgIpc) is 2.94. The van der Waals surface area contributed by atoms with Crippen molar-refractivity contribution in [2.75, 3.05) is 10.6 Å². The van der Waals surface area contributed by atoms with Gasteiger partial charge in [-0.1, -0.05) is 59.6 Å². The molecule has 2 amide bonds. The molecule has 0 saturated heterocycles.